The second-order valence-corrected chi connectivity index (χ2v) is 11.9. The van der Waals surface area contributed by atoms with Crippen LogP contribution in [0.5, 0.6) is 5.75 Å². The number of benzene rings is 1. The largest absolute Gasteiger partial charge is 0.496 e. The van der Waals surface area contributed by atoms with Gasteiger partial charge in [0.25, 0.3) is 0 Å². The molecule has 0 amide bonds. The zero-order valence-electron chi connectivity index (χ0n) is 19.9. The first kappa shape index (κ1) is 21.1. The van der Waals surface area contributed by atoms with E-state index in [2.05, 4.69) is 50.3 Å². The van der Waals surface area contributed by atoms with E-state index in [0.29, 0.717) is 5.78 Å². The molecule has 1 heterocycles. The van der Waals surface area contributed by atoms with E-state index in [4.69, 9.17) is 4.74 Å². The Morgan fingerprint density at radius 3 is 2.29 bits per heavy atom. The van der Waals surface area contributed by atoms with Crippen molar-refractivity contribution in [2.24, 2.45) is 23.2 Å². The van der Waals surface area contributed by atoms with Gasteiger partial charge in [-0.2, -0.15) is 0 Å². The molecule has 31 heavy (non-hydrogen) atoms. The Balaban J connectivity index is 1.53. The number of fused-ring (bicyclic) bond motifs is 1. The minimum atomic E-state index is -0.0931. The molecule has 1 aromatic carbocycles. The van der Waals surface area contributed by atoms with Gasteiger partial charge in [0.1, 0.15) is 5.75 Å². The number of ether oxygens (including phenoxy) is 1. The van der Waals surface area contributed by atoms with Crippen molar-refractivity contribution in [1.29, 1.82) is 0 Å². The molecule has 4 saturated carbocycles. The third-order valence-corrected chi connectivity index (χ3v) is 8.22. The lowest BCUT2D eigenvalue weighted by Gasteiger charge is -2.55. The number of carbonyl (C=O) groups excluding carboxylic acids is 1. The van der Waals surface area contributed by atoms with E-state index in [-0.39, 0.29) is 11.0 Å². The van der Waals surface area contributed by atoms with Crippen LogP contribution in [0.1, 0.15) is 69.1 Å². The second-order valence-electron chi connectivity index (χ2n) is 11.9. The van der Waals surface area contributed by atoms with Gasteiger partial charge in [-0.3, -0.25) is 4.79 Å². The lowest BCUT2D eigenvalue weighted by molar-refractivity contribution is -0.138. The van der Waals surface area contributed by atoms with Gasteiger partial charge >= 0.3 is 0 Å². The van der Waals surface area contributed by atoms with Crippen molar-refractivity contribution in [3.05, 3.63) is 34.9 Å². The third-order valence-electron chi connectivity index (χ3n) is 8.22. The van der Waals surface area contributed by atoms with Gasteiger partial charge in [0, 0.05) is 40.4 Å². The molecule has 4 bridgehead atoms. The van der Waals surface area contributed by atoms with Gasteiger partial charge < -0.3 is 15.0 Å². The average molecular weight is 423 g/mol. The maximum atomic E-state index is 13.8. The minimum Gasteiger partial charge on any atom is -0.496 e. The molecule has 0 saturated heterocycles. The Morgan fingerprint density at radius 2 is 1.74 bits per heavy atom. The van der Waals surface area contributed by atoms with E-state index in [0.717, 1.165) is 61.4 Å². The minimum absolute atomic E-state index is 0.0886. The maximum absolute atomic E-state index is 13.8. The van der Waals surface area contributed by atoms with Crippen molar-refractivity contribution >= 4 is 11.5 Å². The van der Waals surface area contributed by atoms with E-state index >= 15 is 0 Å². The first-order valence-corrected chi connectivity index (χ1v) is 12.1. The van der Waals surface area contributed by atoms with Crippen LogP contribution >= 0.6 is 0 Å². The summed E-state index contributed by atoms with van der Waals surface area (Å²) >= 11 is 0. The zero-order valence-corrected chi connectivity index (χ0v) is 19.9. The molecule has 1 aliphatic heterocycles. The number of hydrogen-bond acceptors (Lipinski definition) is 4. The molecule has 0 atom stereocenters. The standard InChI is InChI=1S/C27H38N2O2/c1-26(2)15-20-10-24(31-5)21(16-29(3)4)9-22(20)23(28-26)11-25(30)27-12-17-6-18(13-27)8-19(7-17)14-27/h9-11,17-19,28H,6-8,12-16H2,1-5H3. The summed E-state index contributed by atoms with van der Waals surface area (Å²) in [5.41, 5.74) is 4.44. The first-order chi connectivity index (χ1) is 14.7. The Kier molecular flexibility index (Phi) is 5.00. The highest BCUT2D eigenvalue weighted by atomic mass is 16.5. The van der Waals surface area contributed by atoms with Crippen LogP contribution in [0.4, 0.5) is 0 Å². The number of ketones is 1. The molecule has 4 nitrogen and oxygen atoms in total. The SMILES string of the molecule is COc1cc2c(cc1CN(C)C)C(=CC(=O)C13CC4CC(CC(C4)C1)C3)NC(C)(C)C2. The van der Waals surface area contributed by atoms with Gasteiger partial charge in [0.05, 0.1) is 7.11 Å². The lowest BCUT2D eigenvalue weighted by atomic mass is 9.48. The third kappa shape index (κ3) is 3.82. The number of nitrogens with zero attached hydrogens (tertiary/aromatic N) is 1. The van der Waals surface area contributed by atoms with E-state index in [1.807, 2.05) is 6.08 Å². The molecule has 1 aromatic rings. The number of methoxy groups -OCH3 is 1. The van der Waals surface area contributed by atoms with E-state index in [9.17, 15) is 4.79 Å². The van der Waals surface area contributed by atoms with Crippen molar-refractivity contribution < 1.29 is 9.53 Å². The highest BCUT2D eigenvalue weighted by Crippen LogP contribution is 2.60. The van der Waals surface area contributed by atoms with Crippen LogP contribution in [0.25, 0.3) is 5.70 Å². The molecule has 5 aliphatic rings. The van der Waals surface area contributed by atoms with Gasteiger partial charge in [0.15, 0.2) is 5.78 Å². The Labute approximate surface area is 187 Å². The number of nitrogens with one attached hydrogen (secondary N) is 1. The van der Waals surface area contributed by atoms with Crippen molar-refractivity contribution in [1.82, 2.24) is 10.2 Å². The summed E-state index contributed by atoms with van der Waals surface area (Å²) in [4.78, 5) is 16.0. The van der Waals surface area contributed by atoms with Gasteiger partial charge in [-0.15, -0.1) is 0 Å². The fraction of sp³-hybridized carbons (Fsp3) is 0.667. The molecule has 0 radical (unpaired) electrons. The fourth-order valence-electron chi connectivity index (χ4n) is 7.48. The lowest BCUT2D eigenvalue weighted by Crippen LogP contribution is -2.50. The fourth-order valence-corrected chi connectivity index (χ4v) is 7.48. The normalized spacial score (nSPS) is 34.0. The molecule has 4 aliphatic carbocycles. The van der Waals surface area contributed by atoms with E-state index in [1.54, 1.807) is 7.11 Å². The van der Waals surface area contributed by atoms with Crippen LogP contribution in [-0.4, -0.2) is 37.4 Å². The predicted octanol–water partition coefficient (Wildman–Crippen LogP) is 4.81. The van der Waals surface area contributed by atoms with Crippen LogP contribution in [0.15, 0.2) is 18.2 Å². The Bertz CT molecular complexity index is 892. The summed E-state index contributed by atoms with van der Waals surface area (Å²) in [5.74, 6) is 3.67. The summed E-state index contributed by atoms with van der Waals surface area (Å²) in [6.07, 6.45) is 10.4. The Morgan fingerprint density at radius 1 is 1.13 bits per heavy atom. The summed E-state index contributed by atoms with van der Waals surface area (Å²) in [6, 6.07) is 4.44. The summed E-state index contributed by atoms with van der Waals surface area (Å²) in [6.45, 7) is 5.26. The van der Waals surface area contributed by atoms with Crippen molar-refractivity contribution in [3.8, 4) is 5.75 Å². The molecule has 1 N–H and O–H groups in total. The molecule has 0 spiro atoms. The summed E-state index contributed by atoms with van der Waals surface area (Å²) < 4.78 is 5.73. The second kappa shape index (κ2) is 7.37. The molecule has 4 fully saturated rings. The zero-order chi connectivity index (χ0) is 22.0. The highest BCUT2D eigenvalue weighted by Gasteiger charge is 2.54. The van der Waals surface area contributed by atoms with E-state index in [1.165, 1.54) is 36.0 Å². The van der Waals surface area contributed by atoms with Gasteiger partial charge in [-0.05, 0) is 108 Å². The van der Waals surface area contributed by atoms with Gasteiger partial charge in [-0.1, -0.05) is 0 Å². The van der Waals surface area contributed by atoms with Crippen LogP contribution in [-0.2, 0) is 17.8 Å². The molecule has 0 aromatic heterocycles. The highest BCUT2D eigenvalue weighted by molar-refractivity contribution is 6.01. The van der Waals surface area contributed by atoms with Crippen LogP contribution in [0.3, 0.4) is 0 Å². The van der Waals surface area contributed by atoms with Gasteiger partial charge in [0.2, 0.25) is 0 Å². The van der Waals surface area contributed by atoms with Crippen LogP contribution in [0, 0.1) is 23.2 Å². The topological polar surface area (TPSA) is 41.6 Å². The number of rotatable bonds is 5. The maximum Gasteiger partial charge on any atom is 0.163 e. The van der Waals surface area contributed by atoms with Crippen molar-refractivity contribution in [3.63, 3.8) is 0 Å². The number of carbonyl (C=O) groups is 1. The molecule has 168 valence electrons. The van der Waals surface area contributed by atoms with Gasteiger partial charge in [-0.25, -0.2) is 0 Å². The molecule has 0 unspecified atom stereocenters. The average Bonchev–Trinajstić information content (AvgIpc) is 2.65. The predicted molar refractivity (Wildman–Crippen MR) is 125 cm³/mol. The van der Waals surface area contributed by atoms with Crippen LogP contribution < -0.4 is 10.1 Å². The smallest absolute Gasteiger partial charge is 0.163 e. The monoisotopic (exact) mass is 422 g/mol. The molecule has 6 rings (SSSR count). The Hall–Kier alpha value is -1.81. The van der Waals surface area contributed by atoms with Crippen LogP contribution in [0.2, 0.25) is 0 Å². The van der Waals surface area contributed by atoms with Crippen molar-refractivity contribution in [2.75, 3.05) is 21.2 Å². The quantitative estimate of drug-likeness (QED) is 0.692. The summed E-state index contributed by atoms with van der Waals surface area (Å²) in [5, 5.41) is 3.72. The first-order valence-electron chi connectivity index (χ1n) is 12.1. The number of hydrogen-bond donors (Lipinski definition) is 1. The summed E-state index contributed by atoms with van der Waals surface area (Å²) in [7, 11) is 5.90. The van der Waals surface area contributed by atoms with E-state index < -0.39 is 0 Å². The molecule has 4 heteroatoms. The molecular weight excluding hydrogens is 384 g/mol. The number of allylic oxidation sites excluding steroid dienone is 1. The molecular formula is C27H38N2O2. The van der Waals surface area contributed by atoms with Crippen molar-refractivity contribution in [2.45, 2.75) is 70.9 Å².